The van der Waals surface area contributed by atoms with Crippen LogP contribution in [0, 0.1) is 0 Å². The van der Waals surface area contributed by atoms with Crippen molar-refractivity contribution in [1.82, 2.24) is 0 Å². The van der Waals surface area contributed by atoms with Gasteiger partial charge in [-0.15, -0.1) is 0 Å². The zero-order valence-corrected chi connectivity index (χ0v) is 49.4. The molecule has 0 aliphatic carbocycles. The monoisotopic (exact) mass is 1030 g/mol. The van der Waals surface area contributed by atoms with Crippen LogP contribution in [0.25, 0.3) is 0 Å². The van der Waals surface area contributed by atoms with Crippen LogP contribution >= 0.6 is 0 Å². The first-order valence-electron chi connectivity index (χ1n) is 32.8. The highest BCUT2D eigenvalue weighted by Gasteiger charge is 2.19. The Bertz CT molecular complexity index is 1180. The van der Waals surface area contributed by atoms with Crippen molar-refractivity contribution >= 4 is 17.9 Å². The fourth-order valence-electron chi connectivity index (χ4n) is 10.0. The van der Waals surface area contributed by atoms with Gasteiger partial charge >= 0.3 is 17.9 Å². The number of ether oxygens (including phenoxy) is 3. The summed E-state index contributed by atoms with van der Waals surface area (Å²) < 4.78 is 16.8. The molecule has 0 radical (unpaired) electrons. The van der Waals surface area contributed by atoms with Crippen LogP contribution in [-0.4, -0.2) is 37.2 Å². The number of esters is 3. The third kappa shape index (κ3) is 60.6. The van der Waals surface area contributed by atoms with Crippen molar-refractivity contribution in [2.75, 3.05) is 13.2 Å². The molecule has 0 saturated carbocycles. The number of allylic oxidation sites excluding steroid dienone is 4. The van der Waals surface area contributed by atoms with E-state index in [2.05, 4.69) is 45.1 Å². The number of rotatable bonds is 61. The molecule has 0 fully saturated rings. The van der Waals surface area contributed by atoms with E-state index in [9.17, 15) is 14.4 Å². The minimum Gasteiger partial charge on any atom is -0.462 e. The van der Waals surface area contributed by atoms with Crippen molar-refractivity contribution in [2.24, 2.45) is 0 Å². The summed E-state index contributed by atoms with van der Waals surface area (Å²) in [6.07, 6.45) is 75.2. The molecule has 0 aliphatic rings. The van der Waals surface area contributed by atoms with Gasteiger partial charge in [-0.3, -0.25) is 14.4 Å². The first kappa shape index (κ1) is 70.9. The predicted molar refractivity (Wildman–Crippen MR) is 316 cm³/mol. The number of carbonyl (C=O) groups excluding carboxylic acids is 3. The Labute approximate surface area is 455 Å². The summed E-state index contributed by atoms with van der Waals surface area (Å²) >= 11 is 0. The topological polar surface area (TPSA) is 78.9 Å². The Kier molecular flexibility index (Phi) is 60.6. The van der Waals surface area contributed by atoms with E-state index >= 15 is 0 Å². The first-order valence-corrected chi connectivity index (χ1v) is 32.8. The molecule has 73 heavy (non-hydrogen) atoms. The van der Waals surface area contributed by atoms with Gasteiger partial charge in [0, 0.05) is 19.3 Å². The van der Waals surface area contributed by atoms with Crippen LogP contribution < -0.4 is 0 Å². The lowest BCUT2D eigenvalue weighted by atomic mass is 10.0. The molecule has 0 rings (SSSR count). The summed E-state index contributed by atoms with van der Waals surface area (Å²) in [5.41, 5.74) is 0. The van der Waals surface area contributed by atoms with Crippen LogP contribution in [-0.2, 0) is 28.6 Å². The molecule has 6 heteroatoms. The summed E-state index contributed by atoms with van der Waals surface area (Å²) in [7, 11) is 0. The van der Waals surface area contributed by atoms with Gasteiger partial charge in [0.05, 0.1) is 0 Å². The fraction of sp³-hybridized carbons (Fsp3) is 0.896. The van der Waals surface area contributed by atoms with Crippen LogP contribution in [0.15, 0.2) is 24.3 Å². The van der Waals surface area contributed by atoms with Gasteiger partial charge in [-0.1, -0.05) is 321 Å². The molecule has 0 N–H and O–H groups in total. The van der Waals surface area contributed by atoms with Gasteiger partial charge < -0.3 is 14.2 Å². The number of hydrogen-bond donors (Lipinski definition) is 0. The van der Waals surface area contributed by atoms with E-state index in [0.717, 1.165) is 64.2 Å². The molecule has 0 bridgehead atoms. The summed E-state index contributed by atoms with van der Waals surface area (Å²) in [4.78, 5) is 38.1. The number of carbonyl (C=O) groups is 3. The van der Waals surface area contributed by atoms with Gasteiger partial charge in [0.1, 0.15) is 13.2 Å². The largest absolute Gasteiger partial charge is 0.462 e. The van der Waals surface area contributed by atoms with Crippen LogP contribution in [0.2, 0.25) is 0 Å². The second kappa shape index (κ2) is 62.4. The third-order valence-electron chi connectivity index (χ3n) is 15.0. The summed E-state index contributed by atoms with van der Waals surface area (Å²) in [6.45, 7) is 6.63. The quantitative estimate of drug-likeness (QED) is 0.0261. The molecule has 0 saturated heterocycles. The van der Waals surface area contributed by atoms with Crippen LogP contribution in [0.1, 0.15) is 367 Å². The van der Waals surface area contributed by atoms with Crippen LogP contribution in [0.3, 0.4) is 0 Å². The maximum Gasteiger partial charge on any atom is 0.306 e. The molecule has 0 amide bonds. The molecular weight excluding hydrogens is 901 g/mol. The highest BCUT2D eigenvalue weighted by atomic mass is 16.6. The zero-order chi connectivity index (χ0) is 52.9. The van der Waals surface area contributed by atoms with E-state index in [1.165, 1.54) is 263 Å². The SMILES string of the molecule is CCCCC/C=C\C/C=C\CCCCCCCCCCCC(=O)OC(COC(=O)CCCCCCCCC)COC(=O)CCCCCCCCCCCCCCCCCCCCCCCCCCCCCCC. The average molecular weight is 1030 g/mol. The molecule has 0 heterocycles. The van der Waals surface area contributed by atoms with E-state index in [0.29, 0.717) is 19.3 Å². The van der Waals surface area contributed by atoms with E-state index in [4.69, 9.17) is 14.2 Å². The van der Waals surface area contributed by atoms with Crippen molar-refractivity contribution in [3.63, 3.8) is 0 Å². The lowest BCUT2D eigenvalue weighted by Crippen LogP contribution is -2.30. The van der Waals surface area contributed by atoms with E-state index in [1.54, 1.807) is 0 Å². The van der Waals surface area contributed by atoms with Gasteiger partial charge in [0.15, 0.2) is 6.10 Å². The Hall–Kier alpha value is -2.11. The Balaban J connectivity index is 4.01. The highest BCUT2D eigenvalue weighted by Crippen LogP contribution is 2.18. The number of hydrogen-bond acceptors (Lipinski definition) is 6. The van der Waals surface area contributed by atoms with Crippen molar-refractivity contribution in [3.8, 4) is 0 Å². The van der Waals surface area contributed by atoms with E-state index in [-0.39, 0.29) is 31.1 Å². The van der Waals surface area contributed by atoms with Gasteiger partial charge in [-0.25, -0.2) is 0 Å². The smallest absolute Gasteiger partial charge is 0.306 e. The Morgan fingerprint density at radius 3 is 0.781 bits per heavy atom. The average Bonchev–Trinajstić information content (AvgIpc) is 3.39. The molecule has 0 spiro atoms. The van der Waals surface area contributed by atoms with Crippen LogP contribution in [0.5, 0.6) is 0 Å². The fourth-order valence-corrected chi connectivity index (χ4v) is 10.0. The predicted octanol–water partition coefficient (Wildman–Crippen LogP) is 22.2. The second-order valence-corrected chi connectivity index (χ2v) is 22.4. The van der Waals surface area contributed by atoms with Gasteiger partial charge in [-0.05, 0) is 51.4 Å². The Morgan fingerprint density at radius 1 is 0.274 bits per heavy atom. The lowest BCUT2D eigenvalue weighted by molar-refractivity contribution is -0.167. The second-order valence-electron chi connectivity index (χ2n) is 22.4. The highest BCUT2D eigenvalue weighted by molar-refractivity contribution is 5.71. The Morgan fingerprint density at radius 2 is 0.493 bits per heavy atom. The normalized spacial score (nSPS) is 12.1. The molecule has 1 atom stereocenters. The standard InChI is InChI=1S/C67H126O6/c1-4-7-10-13-16-18-20-22-24-26-28-29-30-31-32-33-34-35-36-37-39-40-42-44-46-48-51-54-57-60-66(69)72-63-64(62-71-65(68)59-56-53-50-15-12-9-6-3)73-67(70)61-58-55-52-49-47-45-43-41-38-27-25-23-21-19-17-14-11-8-5-2/h17,19,23,25,64H,4-16,18,20-22,24,26-63H2,1-3H3/b19-17-,25-23-. The van der Waals surface area contributed by atoms with Crippen molar-refractivity contribution in [2.45, 2.75) is 374 Å². The molecule has 0 aromatic carbocycles. The van der Waals surface area contributed by atoms with Gasteiger partial charge in [0.2, 0.25) is 0 Å². The number of unbranched alkanes of at least 4 members (excludes halogenated alkanes) is 46. The minimum absolute atomic E-state index is 0.0678. The summed E-state index contributed by atoms with van der Waals surface area (Å²) in [5.74, 6) is -0.855. The first-order chi connectivity index (χ1) is 36.0. The molecular formula is C67H126O6. The van der Waals surface area contributed by atoms with Crippen molar-refractivity contribution < 1.29 is 28.6 Å². The molecule has 0 aliphatic heterocycles. The van der Waals surface area contributed by atoms with E-state index < -0.39 is 6.10 Å². The maximum absolute atomic E-state index is 12.8. The van der Waals surface area contributed by atoms with Gasteiger partial charge in [0.25, 0.3) is 0 Å². The molecule has 0 aromatic rings. The van der Waals surface area contributed by atoms with E-state index in [1.807, 2.05) is 0 Å². The van der Waals surface area contributed by atoms with Gasteiger partial charge in [-0.2, -0.15) is 0 Å². The molecule has 6 nitrogen and oxygen atoms in total. The third-order valence-corrected chi connectivity index (χ3v) is 15.0. The lowest BCUT2D eigenvalue weighted by Gasteiger charge is -2.18. The summed E-state index contributed by atoms with van der Waals surface area (Å²) in [6, 6.07) is 0. The minimum atomic E-state index is -0.768. The molecule has 0 aromatic heterocycles. The van der Waals surface area contributed by atoms with Crippen molar-refractivity contribution in [1.29, 1.82) is 0 Å². The molecule has 430 valence electrons. The zero-order valence-electron chi connectivity index (χ0n) is 49.4. The molecule has 1 unspecified atom stereocenters. The maximum atomic E-state index is 12.8. The van der Waals surface area contributed by atoms with Crippen LogP contribution in [0.4, 0.5) is 0 Å². The summed E-state index contributed by atoms with van der Waals surface area (Å²) in [5, 5.41) is 0. The van der Waals surface area contributed by atoms with Crippen molar-refractivity contribution in [3.05, 3.63) is 24.3 Å².